The molecule has 2 amide bonds. The Bertz CT molecular complexity index is 533. The molecule has 0 saturated heterocycles. The smallest absolute Gasteiger partial charge is 0.322 e. The molecule has 0 radical (unpaired) electrons. The molecule has 0 bridgehead atoms. The highest BCUT2D eigenvalue weighted by molar-refractivity contribution is 9.10. The molecule has 0 spiro atoms. The van der Waals surface area contributed by atoms with Crippen molar-refractivity contribution in [3.05, 3.63) is 28.2 Å². The Hall–Kier alpha value is -2.09. The Morgan fingerprint density at radius 2 is 1.95 bits per heavy atom. The lowest BCUT2D eigenvalue weighted by Gasteiger charge is -2.09. The number of carboxylic acid groups (broad SMARTS) is 1. The zero-order valence-electron chi connectivity index (χ0n) is 10.6. The number of aliphatic carboxylic acids is 1. The van der Waals surface area contributed by atoms with Crippen molar-refractivity contribution in [3.63, 3.8) is 0 Å². The van der Waals surface area contributed by atoms with Crippen molar-refractivity contribution in [1.82, 2.24) is 10.6 Å². The van der Waals surface area contributed by atoms with Crippen LogP contribution in [0.2, 0.25) is 0 Å². The van der Waals surface area contributed by atoms with E-state index in [1.54, 1.807) is 18.2 Å². The fourth-order valence-corrected chi connectivity index (χ4v) is 1.69. The molecule has 0 atom stereocenters. The average Bonchev–Trinajstić information content (AvgIpc) is 2.42. The lowest BCUT2D eigenvalue weighted by atomic mass is 10.2. The van der Waals surface area contributed by atoms with Gasteiger partial charge < -0.3 is 20.5 Å². The maximum Gasteiger partial charge on any atom is 0.322 e. The van der Waals surface area contributed by atoms with Gasteiger partial charge in [-0.15, -0.1) is 0 Å². The highest BCUT2D eigenvalue weighted by Crippen LogP contribution is 2.23. The van der Waals surface area contributed by atoms with Gasteiger partial charge >= 0.3 is 5.97 Å². The first-order valence-corrected chi connectivity index (χ1v) is 6.33. The van der Waals surface area contributed by atoms with Crippen LogP contribution < -0.4 is 15.4 Å². The molecule has 8 heteroatoms. The van der Waals surface area contributed by atoms with Crippen LogP contribution in [0.25, 0.3) is 0 Å². The lowest BCUT2D eigenvalue weighted by molar-refractivity contribution is -0.137. The Balaban J connectivity index is 2.59. The lowest BCUT2D eigenvalue weighted by Crippen LogP contribution is -2.39. The fourth-order valence-electron chi connectivity index (χ4n) is 1.35. The third-order valence-corrected chi connectivity index (χ3v) is 2.75. The normalized spacial score (nSPS) is 9.70. The van der Waals surface area contributed by atoms with Crippen molar-refractivity contribution in [1.29, 1.82) is 0 Å². The number of amides is 2. The van der Waals surface area contributed by atoms with E-state index in [0.29, 0.717) is 5.75 Å². The summed E-state index contributed by atoms with van der Waals surface area (Å²) < 4.78 is 5.82. The summed E-state index contributed by atoms with van der Waals surface area (Å²) in [5, 5.41) is 12.9. The van der Waals surface area contributed by atoms with Crippen molar-refractivity contribution in [2.24, 2.45) is 0 Å². The Labute approximate surface area is 123 Å². The fraction of sp³-hybridized carbons (Fsp3) is 0.250. The number of carbonyl (C=O) groups excluding carboxylic acids is 2. The van der Waals surface area contributed by atoms with Crippen LogP contribution in [0.15, 0.2) is 22.7 Å². The molecule has 1 aromatic rings. The average molecular weight is 345 g/mol. The summed E-state index contributed by atoms with van der Waals surface area (Å²) in [6.45, 7) is -0.804. The zero-order valence-corrected chi connectivity index (χ0v) is 12.2. The second kappa shape index (κ2) is 7.49. The number of methoxy groups -OCH3 is 1. The van der Waals surface area contributed by atoms with Crippen LogP contribution in [0.1, 0.15) is 10.4 Å². The van der Waals surface area contributed by atoms with Gasteiger partial charge in [-0.2, -0.15) is 0 Å². The van der Waals surface area contributed by atoms with E-state index < -0.39 is 24.3 Å². The van der Waals surface area contributed by atoms with E-state index >= 15 is 0 Å². The van der Waals surface area contributed by atoms with E-state index in [1.165, 1.54) is 7.11 Å². The molecule has 3 N–H and O–H groups in total. The van der Waals surface area contributed by atoms with E-state index in [4.69, 9.17) is 9.84 Å². The predicted molar refractivity (Wildman–Crippen MR) is 73.7 cm³/mol. The van der Waals surface area contributed by atoms with Gasteiger partial charge in [0.05, 0.1) is 19.2 Å². The van der Waals surface area contributed by atoms with Gasteiger partial charge in [0.2, 0.25) is 5.91 Å². The summed E-state index contributed by atoms with van der Waals surface area (Å²) in [6.07, 6.45) is 0. The van der Waals surface area contributed by atoms with Crippen LogP contribution in [0.4, 0.5) is 0 Å². The summed E-state index contributed by atoms with van der Waals surface area (Å²) in [4.78, 5) is 33.4. The Morgan fingerprint density at radius 1 is 1.25 bits per heavy atom. The van der Waals surface area contributed by atoms with Crippen LogP contribution in [-0.2, 0) is 9.59 Å². The van der Waals surface area contributed by atoms with E-state index in [-0.39, 0.29) is 12.1 Å². The second-order valence-corrected chi connectivity index (χ2v) is 4.61. The van der Waals surface area contributed by atoms with Crippen LogP contribution in [0, 0.1) is 0 Å². The van der Waals surface area contributed by atoms with Gasteiger partial charge in [0.25, 0.3) is 5.91 Å². The third-order valence-electron chi connectivity index (χ3n) is 2.25. The van der Waals surface area contributed by atoms with E-state index in [2.05, 4.69) is 26.6 Å². The molecule has 0 aliphatic carbocycles. The monoisotopic (exact) mass is 344 g/mol. The Morgan fingerprint density at radius 3 is 2.55 bits per heavy atom. The second-order valence-electron chi connectivity index (χ2n) is 3.70. The molecule has 20 heavy (non-hydrogen) atoms. The van der Waals surface area contributed by atoms with E-state index in [0.717, 1.165) is 4.47 Å². The number of carboxylic acids is 1. The summed E-state index contributed by atoms with van der Waals surface area (Å²) in [5.74, 6) is -1.86. The maximum absolute atomic E-state index is 11.9. The summed E-state index contributed by atoms with van der Waals surface area (Å²) in [7, 11) is 1.43. The quantitative estimate of drug-likeness (QED) is 0.692. The van der Waals surface area contributed by atoms with Gasteiger partial charge in [-0.25, -0.2) is 0 Å². The minimum atomic E-state index is -1.15. The largest absolute Gasteiger partial charge is 0.496 e. The minimum Gasteiger partial charge on any atom is -0.496 e. The van der Waals surface area contributed by atoms with E-state index in [9.17, 15) is 14.4 Å². The molecule has 1 rings (SSSR count). The van der Waals surface area contributed by atoms with Crippen LogP contribution in [0.3, 0.4) is 0 Å². The van der Waals surface area contributed by atoms with Crippen LogP contribution >= 0.6 is 15.9 Å². The number of hydrogen-bond donors (Lipinski definition) is 3. The molecule has 0 heterocycles. The number of nitrogens with one attached hydrogen (secondary N) is 2. The minimum absolute atomic E-state index is 0.279. The van der Waals surface area contributed by atoms with Crippen molar-refractivity contribution in [2.45, 2.75) is 0 Å². The highest BCUT2D eigenvalue weighted by Gasteiger charge is 2.13. The summed E-state index contributed by atoms with van der Waals surface area (Å²) in [5.41, 5.74) is 0.279. The topological polar surface area (TPSA) is 105 Å². The Kier molecular flexibility index (Phi) is 5.98. The van der Waals surface area contributed by atoms with Gasteiger partial charge in [-0.05, 0) is 18.2 Å². The number of carbonyl (C=O) groups is 3. The van der Waals surface area contributed by atoms with E-state index in [1.807, 2.05) is 0 Å². The van der Waals surface area contributed by atoms with Crippen molar-refractivity contribution in [3.8, 4) is 5.75 Å². The maximum atomic E-state index is 11.9. The number of halogens is 1. The summed E-state index contributed by atoms with van der Waals surface area (Å²) in [6, 6.07) is 4.84. The van der Waals surface area contributed by atoms with Crippen molar-refractivity contribution in [2.75, 3.05) is 20.2 Å². The molecule has 0 saturated carbocycles. The number of benzene rings is 1. The molecule has 0 aliphatic heterocycles. The van der Waals surface area contributed by atoms with Crippen LogP contribution in [0.5, 0.6) is 5.75 Å². The van der Waals surface area contributed by atoms with Gasteiger partial charge in [0, 0.05) is 4.47 Å². The van der Waals surface area contributed by atoms with Crippen molar-refractivity contribution >= 4 is 33.7 Å². The standard InChI is InChI=1S/C12H13BrN2O5/c1-20-9-4-7(13)2-3-8(9)12(19)15-5-10(16)14-6-11(17)18/h2-4H,5-6H2,1H3,(H,14,16)(H,15,19)(H,17,18). The van der Waals surface area contributed by atoms with Gasteiger partial charge in [0.15, 0.2) is 0 Å². The molecule has 7 nitrogen and oxygen atoms in total. The first-order valence-electron chi connectivity index (χ1n) is 5.54. The van der Waals surface area contributed by atoms with Gasteiger partial charge in [-0.3, -0.25) is 14.4 Å². The first-order chi connectivity index (χ1) is 9.43. The molecule has 108 valence electrons. The molecule has 0 aliphatic rings. The molecular formula is C12H13BrN2O5. The first kappa shape index (κ1) is 16.0. The molecule has 0 aromatic heterocycles. The SMILES string of the molecule is COc1cc(Br)ccc1C(=O)NCC(=O)NCC(=O)O. The highest BCUT2D eigenvalue weighted by atomic mass is 79.9. The van der Waals surface area contributed by atoms with Gasteiger partial charge in [0.1, 0.15) is 12.3 Å². The third kappa shape index (κ3) is 4.88. The number of ether oxygens (including phenoxy) is 1. The van der Waals surface area contributed by atoms with Crippen molar-refractivity contribution < 1.29 is 24.2 Å². The number of hydrogen-bond acceptors (Lipinski definition) is 4. The molecular weight excluding hydrogens is 332 g/mol. The molecule has 0 fully saturated rings. The zero-order chi connectivity index (χ0) is 15.1. The summed E-state index contributed by atoms with van der Waals surface area (Å²) >= 11 is 3.25. The van der Waals surface area contributed by atoms with Gasteiger partial charge in [-0.1, -0.05) is 15.9 Å². The van der Waals surface area contributed by atoms with Crippen LogP contribution in [-0.4, -0.2) is 43.1 Å². The molecule has 0 unspecified atom stereocenters. The molecule has 1 aromatic carbocycles. The number of rotatable bonds is 6. The predicted octanol–water partition coefficient (Wildman–Crippen LogP) is 0.388.